The summed E-state index contributed by atoms with van der Waals surface area (Å²) in [7, 11) is 0. The summed E-state index contributed by atoms with van der Waals surface area (Å²) >= 11 is 1.29. The van der Waals surface area contributed by atoms with E-state index in [1.165, 1.54) is 16.2 Å². The molecule has 0 saturated heterocycles. The van der Waals surface area contributed by atoms with Gasteiger partial charge in [-0.3, -0.25) is 9.59 Å². The van der Waals surface area contributed by atoms with E-state index >= 15 is 0 Å². The summed E-state index contributed by atoms with van der Waals surface area (Å²) in [4.78, 5) is 28.2. The molecule has 2 rings (SSSR count). The molecule has 0 bridgehead atoms. The molecule has 0 fully saturated rings. The number of benzene rings is 1. The Hall–Kier alpha value is -2.21. The zero-order chi connectivity index (χ0) is 13.7. The minimum atomic E-state index is -0.208. The second-order valence-corrected chi connectivity index (χ2v) is 4.70. The van der Waals surface area contributed by atoms with Crippen LogP contribution in [0.3, 0.4) is 0 Å². The summed E-state index contributed by atoms with van der Waals surface area (Å²) in [6.07, 6.45) is 1.87. The van der Waals surface area contributed by atoms with Crippen LogP contribution in [0, 0.1) is 0 Å². The van der Waals surface area contributed by atoms with Crippen LogP contribution in [0.1, 0.15) is 5.69 Å². The molecule has 2 aromatic rings. The number of hydrogen-bond acceptors (Lipinski definition) is 5. The van der Waals surface area contributed by atoms with Crippen molar-refractivity contribution in [3.8, 4) is 0 Å². The van der Waals surface area contributed by atoms with E-state index in [2.05, 4.69) is 4.98 Å². The predicted octanol–water partition coefficient (Wildman–Crippen LogP) is 1.41. The van der Waals surface area contributed by atoms with Gasteiger partial charge in [-0.25, -0.2) is 4.98 Å². The Morgan fingerprint density at radius 3 is 2.68 bits per heavy atom. The molecule has 1 aromatic carbocycles. The summed E-state index contributed by atoms with van der Waals surface area (Å²) in [5.74, 6) is -0.208. The molecule has 5 nitrogen and oxygen atoms in total. The van der Waals surface area contributed by atoms with Crippen molar-refractivity contribution in [1.82, 2.24) is 4.98 Å². The van der Waals surface area contributed by atoms with Crippen LogP contribution in [0.4, 0.5) is 10.8 Å². The van der Waals surface area contributed by atoms with Gasteiger partial charge in [0, 0.05) is 11.1 Å². The standard InChI is InChI=1S/C13H12N3O2S/c14-13-15-10(9-19-13)8-12(18)16(6-7-17)11-4-2-1-3-5-11/h1-5,9H,6,8H2,(H2,14,15). The SMILES string of the molecule is Nc1nc(CC(=O)N(C[C]=O)c2ccccc2)cs1. The van der Waals surface area contributed by atoms with Crippen LogP contribution in [0.15, 0.2) is 35.7 Å². The summed E-state index contributed by atoms with van der Waals surface area (Å²) in [5.41, 5.74) is 6.80. The minimum absolute atomic E-state index is 0.0948. The molecule has 19 heavy (non-hydrogen) atoms. The van der Waals surface area contributed by atoms with Crippen molar-refractivity contribution in [2.24, 2.45) is 0 Å². The van der Waals surface area contributed by atoms with Crippen LogP contribution >= 0.6 is 11.3 Å². The van der Waals surface area contributed by atoms with Gasteiger partial charge in [-0.05, 0) is 12.1 Å². The quantitative estimate of drug-likeness (QED) is 0.894. The molecule has 2 N–H and O–H groups in total. The normalized spacial score (nSPS) is 10.1. The number of nitrogens with zero attached hydrogens (tertiary/aromatic N) is 2. The van der Waals surface area contributed by atoms with E-state index in [0.29, 0.717) is 16.5 Å². The predicted molar refractivity (Wildman–Crippen MR) is 74.7 cm³/mol. The van der Waals surface area contributed by atoms with Gasteiger partial charge in [0.05, 0.1) is 18.7 Å². The number of carbonyl (C=O) groups excluding carboxylic acids is 2. The summed E-state index contributed by atoms with van der Waals surface area (Å²) in [6, 6.07) is 9.00. The van der Waals surface area contributed by atoms with Gasteiger partial charge in [-0.15, -0.1) is 11.3 Å². The van der Waals surface area contributed by atoms with Crippen molar-refractivity contribution in [1.29, 1.82) is 0 Å². The summed E-state index contributed by atoms with van der Waals surface area (Å²) in [6.45, 7) is -0.0948. The Bertz CT molecular complexity index is 568. The molecule has 0 aliphatic rings. The molecule has 1 heterocycles. The molecular weight excluding hydrogens is 262 g/mol. The Morgan fingerprint density at radius 2 is 2.11 bits per heavy atom. The van der Waals surface area contributed by atoms with E-state index in [4.69, 9.17) is 5.73 Å². The van der Waals surface area contributed by atoms with Gasteiger partial charge in [-0.2, -0.15) is 0 Å². The zero-order valence-corrected chi connectivity index (χ0v) is 10.9. The zero-order valence-electron chi connectivity index (χ0n) is 10.1. The monoisotopic (exact) mass is 274 g/mol. The van der Waals surface area contributed by atoms with E-state index in [0.717, 1.165) is 0 Å². The molecule has 6 heteroatoms. The molecule has 97 valence electrons. The van der Waals surface area contributed by atoms with E-state index < -0.39 is 0 Å². The van der Waals surface area contributed by atoms with Gasteiger partial charge in [0.1, 0.15) is 0 Å². The number of para-hydroxylation sites is 1. The maximum absolute atomic E-state index is 12.2. The maximum atomic E-state index is 12.2. The molecule has 0 aliphatic heterocycles. The van der Waals surface area contributed by atoms with Crippen LogP contribution < -0.4 is 10.6 Å². The van der Waals surface area contributed by atoms with Gasteiger partial charge in [0.15, 0.2) is 5.13 Å². The largest absolute Gasteiger partial charge is 0.375 e. The fraction of sp³-hybridized carbons (Fsp3) is 0.154. The van der Waals surface area contributed by atoms with Gasteiger partial charge in [0.25, 0.3) is 0 Å². The number of nitrogens with two attached hydrogens (primary N) is 1. The number of aromatic nitrogens is 1. The number of anilines is 2. The molecule has 0 spiro atoms. The fourth-order valence-corrected chi connectivity index (χ4v) is 2.21. The first-order valence-electron chi connectivity index (χ1n) is 5.61. The van der Waals surface area contributed by atoms with Crippen molar-refractivity contribution in [2.45, 2.75) is 6.42 Å². The van der Waals surface area contributed by atoms with Gasteiger partial charge in [-0.1, -0.05) is 18.2 Å². The molecule has 0 atom stereocenters. The molecular formula is C13H12N3O2S. The lowest BCUT2D eigenvalue weighted by molar-refractivity contribution is -0.117. The van der Waals surface area contributed by atoms with E-state index in [-0.39, 0.29) is 18.9 Å². The molecule has 0 aliphatic carbocycles. The van der Waals surface area contributed by atoms with E-state index in [1.54, 1.807) is 35.9 Å². The Balaban J connectivity index is 2.15. The second kappa shape index (κ2) is 6.10. The first kappa shape index (κ1) is 13.2. The average Bonchev–Trinajstić information content (AvgIpc) is 2.82. The Morgan fingerprint density at radius 1 is 1.37 bits per heavy atom. The van der Waals surface area contributed by atoms with Crippen LogP contribution in [0.5, 0.6) is 0 Å². The third-order valence-electron chi connectivity index (χ3n) is 2.49. The third-order valence-corrected chi connectivity index (χ3v) is 3.22. The highest BCUT2D eigenvalue weighted by molar-refractivity contribution is 7.13. The van der Waals surface area contributed by atoms with Crippen molar-refractivity contribution in [2.75, 3.05) is 17.2 Å². The highest BCUT2D eigenvalue weighted by Gasteiger charge is 2.17. The van der Waals surface area contributed by atoms with Crippen molar-refractivity contribution in [3.05, 3.63) is 41.4 Å². The number of thiazole rings is 1. The smallest absolute Gasteiger partial charge is 0.233 e. The molecule has 1 amide bonds. The van der Waals surface area contributed by atoms with Crippen LogP contribution in [0.25, 0.3) is 0 Å². The Kier molecular flexibility index (Phi) is 4.25. The number of nitrogen functional groups attached to an aromatic ring is 1. The van der Waals surface area contributed by atoms with E-state index in [9.17, 15) is 9.59 Å². The van der Waals surface area contributed by atoms with E-state index in [1.807, 2.05) is 6.07 Å². The highest BCUT2D eigenvalue weighted by Crippen LogP contribution is 2.16. The second-order valence-electron chi connectivity index (χ2n) is 3.81. The fourth-order valence-electron chi connectivity index (χ4n) is 1.65. The van der Waals surface area contributed by atoms with Gasteiger partial charge < -0.3 is 10.6 Å². The van der Waals surface area contributed by atoms with Crippen LogP contribution in [-0.2, 0) is 16.0 Å². The lowest BCUT2D eigenvalue weighted by Gasteiger charge is -2.19. The summed E-state index contributed by atoms with van der Waals surface area (Å²) in [5, 5.41) is 2.16. The van der Waals surface area contributed by atoms with Crippen LogP contribution in [-0.4, -0.2) is 23.7 Å². The molecule has 0 saturated carbocycles. The van der Waals surface area contributed by atoms with Crippen molar-refractivity contribution >= 4 is 34.3 Å². The Labute approximate surface area is 114 Å². The lowest BCUT2D eigenvalue weighted by atomic mass is 10.2. The number of carbonyl (C=O) groups is 1. The maximum Gasteiger partial charge on any atom is 0.233 e. The number of hydrogen-bond donors (Lipinski definition) is 1. The average molecular weight is 274 g/mol. The molecule has 1 radical (unpaired) electrons. The molecule has 0 unspecified atom stereocenters. The van der Waals surface area contributed by atoms with Crippen LogP contribution in [0.2, 0.25) is 0 Å². The van der Waals surface area contributed by atoms with Gasteiger partial charge in [0.2, 0.25) is 12.2 Å². The van der Waals surface area contributed by atoms with Crippen molar-refractivity contribution in [3.63, 3.8) is 0 Å². The minimum Gasteiger partial charge on any atom is -0.375 e. The van der Waals surface area contributed by atoms with Gasteiger partial charge >= 0.3 is 0 Å². The van der Waals surface area contributed by atoms with Crippen molar-refractivity contribution < 1.29 is 9.59 Å². The topological polar surface area (TPSA) is 76.3 Å². The number of amides is 1. The molecule has 1 aromatic heterocycles. The third kappa shape index (κ3) is 3.38. The first-order chi connectivity index (χ1) is 9.20. The number of rotatable bonds is 5. The first-order valence-corrected chi connectivity index (χ1v) is 6.49. The highest BCUT2D eigenvalue weighted by atomic mass is 32.1. The lowest BCUT2D eigenvalue weighted by Crippen LogP contribution is -2.33. The summed E-state index contributed by atoms with van der Waals surface area (Å²) < 4.78 is 0.